The van der Waals surface area contributed by atoms with Gasteiger partial charge in [-0.2, -0.15) is 0 Å². The van der Waals surface area contributed by atoms with E-state index in [1.807, 2.05) is 19.1 Å². The van der Waals surface area contributed by atoms with Gasteiger partial charge in [-0.15, -0.1) is 0 Å². The molecule has 5 nitrogen and oxygen atoms in total. The van der Waals surface area contributed by atoms with Crippen LogP contribution in [0.5, 0.6) is 0 Å². The molecular formula is C14H19N3O2. The maximum absolute atomic E-state index is 11.8. The molecule has 0 saturated heterocycles. The minimum absolute atomic E-state index is 0.0363. The summed E-state index contributed by atoms with van der Waals surface area (Å²) >= 11 is 0. The van der Waals surface area contributed by atoms with Crippen LogP contribution in [0, 0.1) is 0 Å². The lowest BCUT2D eigenvalue weighted by molar-refractivity contribution is -0.118. The van der Waals surface area contributed by atoms with Crippen molar-refractivity contribution >= 4 is 23.2 Å². The SMILES string of the molecule is CCCC(N)C(=O)Nc1ccc2c(c1)CCC(=O)N2. The molecule has 0 radical (unpaired) electrons. The first-order valence-electron chi connectivity index (χ1n) is 6.59. The molecule has 102 valence electrons. The van der Waals surface area contributed by atoms with Crippen LogP contribution in [0.3, 0.4) is 0 Å². The fourth-order valence-corrected chi connectivity index (χ4v) is 2.14. The summed E-state index contributed by atoms with van der Waals surface area (Å²) in [6.45, 7) is 1.99. The van der Waals surface area contributed by atoms with Gasteiger partial charge in [0.1, 0.15) is 0 Å². The first-order chi connectivity index (χ1) is 9.10. The van der Waals surface area contributed by atoms with Gasteiger partial charge in [0.25, 0.3) is 0 Å². The van der Waals surface area contributed by atoms with Crippen LogP contribution in [-0.4, -0.2) is 17.9 Å². The molecule has 5 heteroatoms. The summed E-state index contributed by atoms with van der Waals surface area (Å²) in [6, 6.07) is 5.01. The second-order valence-corrected chi connectivity index (χ2v) is 4.80. The van der Waals surface area contributed by atoms with Crippen molar-refractivity contribution in [3.63, 3.8) is 0 Å². The second kappa shape index (κ2) is 5.84. The lowest BCUT2D eigenvalue weighted by Crippen LogP contribution is -2.35. The predicted molar refractivity (Wildman–Crippen MR) is 74.9 cm³/mol. The van der Waals surface area contributed by atoms with Crippen LogP contribution in [0.1, 0.15) is 31.7 Å². The molecule has 1 aliphatic rings. The summed E-state index contributed by atoms with van der Waals surface area (Å²) in [6.07, 6.45) is 2.74. The van der Waals surface area contributed by atoms with Crippen molar-refractivity contribution in [2.45, 2.75) is 38.6 Å². The predicted octanol–water partition coefficient (Wildman–Crippen LogP) is 1.64. The number of aryl methyl sites for hydroxylation is 1. The van der Waals surface area contributed by atoms with Gasteiger partial charge >= 0.3 is 0 Å². The topological polar surface area (TPSA) is 84.2 Å². The number of nitrogens with two attached hydrogens (primary N) is 1. The molecule has 0 aliphatic carbocycles. The zero-order valence-electron chi connectivity index (χ0n) is 11.0. The van der Waals surface area contributed by atoms with Gasteiger partial charge in [-0.1, -0.05) is 13.3 Å². The molecule has 2 amide bonds. The van der Waals surface area contributed by atoms with Crippen molar-refractivity contribution in [3.05, 3.63) is 23.8 Å². The molecule has 1 atom stereocenters. The van der Waals surface area contributed by atoms with E-state index in [2.05, 4.69) is 10.6 Å². The summed E-state index contributed by atoms with van der Waals surface area (Å²) in [7, 11) is 0. The summed E-state index contributed by atoms with van der Waals surface area (Å²) in [5.41, 5.74) is 8.36. The van der Waals surface area contributed by atoms with Crippen molar-refractivity contribution in [1.82, 2.24) is 0 Å². The van der Waals surface area contributed by atoms with E-state index in [4.69, 9.17) is 5.73 Å². The lowest BCUT2D eigenvalue weighted by atomic mass is 10.0. The minimum Gasteiger partial charge on any atom is -0.326 e. The number of rotatable bonds is 4. The van der Waals surface area contributed by atoms with Gasteiger partial charge in [-0.25, -0.2) is 0 Å². The molecule has 1 aromatic rings. The molecule has 0 fully saturated rings. The van der Waals surface area contributed by atoms with Gasteiger partial charge in [-0.05, 0) is 36.6 Å². The van der Waals surface area contributed by atoms with Crippen LogP contribution < -0.4 is 16.4 Å². The number of hydrogen-bond donors (Lipinski definition) is 3. The zero-order chi connectivity index (χ0) is 13.8. The molecule has 4 N–H and O–H groups in total. The van der Waals surface area contributed by atoms with Crippen molar-refractivity contribution in [2.24, 2.45) is 5.73 Å². The smallest absolute Gasteiger partial charge is 0.241 e. The standard InChI is InChI=1S/C14H19N3O2/c1-2-3-11(15)14(19)16-10-5-6-12-9(8-10)4-7-13(18)17-12/h5-6,8,11H,2-4,7,15H2,1H3,(H,16,19)(H,17,18). The maximum atomic E-state index is 11.8. The Kier molecular flexibility index (Phi) is 4.16. The van der Waals surface area contributed by atoms with Gasteiger partial charge in [0.15, 0.2) is 0 Å². The highest BCUT2D eigenvalue weighted by Crippen LogP contribution is 2.25. The Labute approximate surface area is 112 Å². The second-order valence-electron chi connectivity index (χ2n) is 4.80. The van der Waals surface area contributed by atoms with E-state index in [-0.39, 0.29) is 11.8 Å². The van der Waals surface area contributed by atoms with Crippen molar-refractivity contribution in [1.29, 1.82) is 0 Å². The average molecular weight is 261 g/mol. The molecule has 1 unspecified atom stereocenters. The number of hydrogen-bond acceptors (Lipinski definition) is 3. The third kappa shape index (κ3) is 3.32. The Hall–Kier alpha value is -1.88. The van der Waals surface area contributed by atoms with Crippen LogP contribution in [0.4, 0.5) is 11.4 Å². The molecule has 1 aliphatic heterocycles. The Morgan fingerprint density at radius 2 is 2.26 bits per heavy atom. The molecule has 1 heterocycles. The summed E-state index contributed by atoms with van der Waals surface area (Å²) in [5.74, 6) is -0.129. The van der Waals surface area contributed by atoms with Crippen molar-refractivity contribution in [3.8, 4) is 0 Å². The van der Waals surface area contributed by atoms with Gasteiger partial charge in [0.05, 0.1) is 6.04 Å². The molecular weight excluding hydrogens is 242 g/mol. The zero-order valence-corrected chi connectivity index (χ0v) is 11.0. The normalized spacial score (nSPS) is 15.4. The number of fused-ring (bicyclic) bond motifs is 1. The minimum atomic E-state index is -0.472. The fourth-order valence-electron chi connectivity index (χ4n) is 2.14. The summed E-state index contributed by atoms with van der Waals surface area (Å²) in [5, 5.41) is 5.62. The molecule has 0 spiro atoms. The Bertz CT molecular complexity index is 499. The Morgan fingerprint density at radius 1 is 1.47 bits per heavy atom. The van der Waals surface area contributed by atoms with E-state index >= 15 is 0 Å². The third-order valence-corrected chi connectivity index (χ3v) is 3.20. The number of carbonyl (C=O) groups is 2. The van der Waals surface area contributed by atoms with E-state index in [1.165, 1.54) is 0 Å². The first kappa shape index (κ1) is 13.5. The number of benzene rings is 1. The number of carbonyl (C=O) groups excluding carboxylic acids is 2. The number of amides is 2. The molecule has 1 aromatic carbocycles. The van der Waals surface area contributed by atoms with Crippen LogP contribution in [0.2, 0.25) is 0 Å². The molecule has 19 heavy (non-hydrogen) atoms. The highest BCUT2D eigenvalue weighted by Gasteiger charge is 2.16. The molecule has 0 saturated carbocycles. The number of anilines is 2. The van der Waals surface area contributed by atoms with Gasteiger partial charge in [0.2, 0.25) is 11.8 Å². The molecule has 0 bridgehead atoms. The first-order valence-corrected chi connectivity index (χ1v) is 6.59. The van der Waals surface area contributed by atoms with E-state index < -0.39 is 6.04 Å². The van der Waals surface area contributed by atoms with Gasteiger partial charge in [-0.3, -0.25) is 9.59 Å². The Balaban J connectivity index is 2.06. The quantitative estimate of drug-likeness (QED) is 0.770. The highest BCUT2D eigenvalue weighted by molar-refractivity contribution is 5.97. The van der Waals surface area contributed by atoms with Crippen LogP contribution in [0.25, 0.3) is 0 Å². The third-order valence-electron chi connectivity index (χ3n) is 3.20. The van der Waals surface area contributed by atoms with E-state index in [9.17, 15) is 9.59 Å². The monoisotopic (exact) mass is 261 g/mol. The average Bonchev–Trinajstić information content (AvgIpc) is 2.39. The number of nitrogens with one attached hydrogen (secondary N) is 2. The summed E-state index contributed by atoms with van der Waals surface area (Å²) < 4.78 is 0. The van der Waals surface area contributed by atoms with Crippen molar-refractivity contribution in [2.75, 3.05) is 10.6 Å². The highest BCUT2D eigenvalue weighted by atomic mass is 16.2. The molecule has 0 aromatic heterocycles. The van der Waals surface area contributed by atoms with Crippen molar-refractivity contribution < 1.29 is 9.59 Å². The van der Waals surface area contributed by atoms with Gasteiger partial charge < -0.3 is 16.4 Å². The van der Waals surface area contributed by atoms with E-state index in [0.717, 1.165) is 23.4 Å². The largest absolute Gasteiger partial charge is 0.326 e. The molecule has 2 rings (SSSR count). The Morgan fingerprint density at radius 3 is 3.00 bits per heavy atom. The van der Waals surface area contributed by atoms with Crippen LogP contribution >= 0.6 is 0 Å². The van der Waals surface area contributed by atoms with E-state index in [0.29, 0.717) is 19.3 Å². The summed E-state index contributed by atoms with van der Waals surface area (Å²) in [4.78, 5) is 23.1. The fraction of sp³-hybridized carbons (Fsp3) is 0.429. The van der Waals surface area contributed by atoms with Gasteiger partial charge in [0, 0.05) is 17.8 Å². The van der Waals surface area contributed by atoms with Crippen LogP contribution in [-0.2, 0) is 16.0 Å². The lowest BCUT2D eigenvalue weighted by Gasteiger charge is -2.18. The van der Waals surface area contributed by atoms with E-state index in [1.54, 1.807) is 6.07 Å². The maximum Gasteiger partial charge on any atom is 0.241 e. The van der Waals surface area contributed by atoms with Crippen LogP contribution in [0.15, 0.2) is 18.2 Å².